The van der Waals surface area contributed by atoms with Gasteiger partial charge in [-0.1, -0.05) is 6.07 Å². The molecule has 0 atom stereocenters. The topological polar surface area (TPSA) is 103 Å². The molecule has 3 heterocycles. The highest BCUT2D eigenvalue weighted by Gasteiger charge is 2.13. The number of fused-ring (bicyclic) bond motifs is 1. The number of carboxylic acids is 1. The van der Waals surface area contributed by atoms with Crippen LogP contribution in [0.4, 0.5) is 0 Å². The van der Waals surface area contributed by atoms with Crippen LogP contribution in [-0.4, -0.2) is 35.4 Å². The number of pyridine rings is 1. The van der Waals surface area contributed by atoms with E-state index < -0.39 is 5.97 Å². The standard InChI is InChI=1S/C13H11N5O3/c1-17-11-9(5-16-17)12(19)18(7-15-11)6-8-3-2-4-14-10(8)13(20)21/h2-5,7H,6H2,1H3,(H,20,21). The lowest BCUT2D eigenvalue weighted by molar-refractivity contribution is 0.0689. The van der Waals surface area contributed by atoms with Crippen molar-refractivity contribution in [1.29, 1.82) is 0 Å². The maximum atomic E-state index is 12.3. The molecule has 106 valence electrons. The van der Waals surface area contributed by atoms with Crippen molar-refractivity contribution in [3.8, 4) is 0 Å². The lowest BCUT2D eigenvalue weighted by Crippen LogP contribution is -2.22. The number of hydrogen-bond acceptors (Lipinski definition) is 5. The Morgan fingerprint density at radius 1 is 1.38 bits per heavy atom. The fourth-order valence-corrected chi connectivity index (χ4v) is 2.12. The Labute approximate surface area is 118 Å². The maximum absolute atomic E-state index is 12.3. The first kappa shape index (κ1) is 13.0. The molecule has 0 amide bonds. The van der Waals surface area contributed by atoms with Gasteiger partial charge in [0.2, 0.25) is 0 Å². The fraction of sp³-hybridized carbons (Fsp3) is 0.154. The molecular weight excluding hydrogens is 274 g/mol. The molecule has 3 aromatic rings. The summed E-state index contributed by atoms with van der Waals surface area (Å²) < 4.78 is 2.85. The Bertz CT molecular complexity index is 896. The van der Waals surface area contributed by atoms with Crippen molar-refractivity contribution in [1.82, 2.24) is 24.3 Å². The van der Waals surface area contributed by atoms with E-state index in [0.29, 0.717) is 16.6 Å². The average Bonchev–Trinajstić information content (AvgIpc) is 2.84. The molecule has 0 radical (unpaired) electrons. The van der Waals surface area contributed by atoms with E-state index in [1.165, 1.54) is 28.0 Å². The van der Waals surface area contributed by atoms with Crippen LogP contribution < -0.4 is 5.56 Å². The first-order chi connectivity index (χ1) is 10.1. The van der Waals surface area contributed by atoms with E-state index in [0.717, 1.165) is 0 Å². The lowest BCUT2D eigenvalue weighted by atomic mass is 10.2. The summed E-state index contributed by atoms with van der Waals surface area (Å²) in [5.41, 5.74) is 0.585. The van der Waals surface area contributed by atoms with Gasteiger partial charge < -0.3 is 5.11 Å². The van der Waals surface area contributed by atoms with Gasteiger partial charge in [-0.3, -0.25) is 14.0 Å². The summed E-state index contributed by atoms with van der Waals surface area (Å²) in [5.74, 6) is -1.13. The summed E-state index contributed by atoms with van der Waals surface area (Å²) >= 11 is 0. The van der Waals surface area contributed by atoms with Crippen LogP contribution in [0.3, 0.4) is 0 Å². The van der Waals surface area contributed by atoms with Crippen LogP contribution in [0.1, 0.15) is 16.1 Å². The van der Waals surface area contributed by atoms with Gasteiger partial charge in [0.1, 0.15) is 11.7 Å². The molecule has 0 aromatic carbocycles. The van der Waals surface area contributed by atoms with Crippen LogP contribution in [0.15, 0.2) is 35.6 Å². The van der Waals surface area contributed by atoms with Crippen LogP contribution >= 0.6 is 0 Å². The van der Waals surface area contributed by atoms with E-state index in [9.17, 15) is 9.59 Å². The van der Waals surface area contributed by atoms with Crippen LogP contribution in [0.5, 0.6) is 0 Å². The minimum atomic E-state index is -1.13. The molecule has 0 aliphatic rings. The van der Waals surface area contributed by atoms with Crippen LogP contribution in [-0.2, 0) is 13.6 Å². The summed E-state index contributed by atoms with van der Waals surface area (Å²) in [6, 6.07) is 3.25. The van der Waals surface area contributed by atoms with E-state index >= 15 is 0 Å². The van der Waals surface area contributed by atoms with E-state index in [1.807, 2.05) is 0 Å². The van der Waals surface area contributed by atoms with Gasteiger partial charge in [-0.15, -0.1) is 0 Å². The van der Waals surface area contributed by atoms with Gasteiger partial charge in [0.25, 0.3) is 5.56 Å². The van der Waals surface area contributed by atoms with E-state index in [2.05, 4.69) is 15.1 Å². The van der Waals surface area contributed by atoms with E-state index in [4.69, 9.17) is 5.11 Å². The van der Waals surface area contributed by atoms with Crippen molar-refractivity contribution >= 4 is 17.0 Å². The second kappa shape index (κ2) is 4.82. The second-order valence-corrected chi connectivity index (χ2v) is 4.50. The lowest BCUT2D eigenvalue weighted by Gasteiger charge is -2.07. The summed E-state index contributed by atoms with van der Waals surface area (Å²) in [7, 11) is 1.70. The first-order valence-corrected chi connectivity index (χ1v) is 6.12. The first-order valence-electron chi connectivity index (χ1n) is 6.12. The van der Waals surface area contributed by atoms with Gasteiger partial charge in [-0.05, 0) is 6.07 Å². The van der Waals surface area contributed by atoms with Gasteiger partial charge in [-0.2, -0.15) is 5.10 Å². The molecule has 0 fully saturated rings. The zero-order chi connectivity index (χ0) is 15.0. The third-order valence-electron chi connectivity index (χ3n) is 3.15. The molecule has 8 nitrogen and oxygen atoms in total. The fourth-order valence-electron chi connectivity index (χ4n) is 2.12. The molecule has 0 aliphatic heterocycles. The zero-order valence-corrected chi connectivity index (χ0v) is 11.1. The van der Waals surface area contributed by atoms with Gasteiger partial charge >= 0.3 is 5.97 Å². The van der Waals surface area contributed by atoms with Crippen molar-refractivity contribution < 1.29 is 9.90 Å². The SMILES string of the molecule is Cn1ncc2c(=O)n(Cc3cccnc3C(=O)O)cnc21. The third-order valence-corrected chi connectivity index (χ3v) is 3.15. The van der Waals surface area contributed by atoms with Crippen LogP contribution in [0.2, 0.25) is 0 Å². The Kier molecular flexibility index (Phi) is 2.98. The van der Waals surface area contributed by atoms with Crippen LogP contribution in [0, 0.1) is 0 Å². The van der Waals surface area contributed by atoms with Crippen molar-refractivity contribution in [3.63, 3.8) is 0 Å². The van der Waals surface area contributed by atoms with Gasteiger partial charge in [0, 0.05) is 18.8 Å². The molecule has 0 unspecified atom stereocenters. The summed E-state index contributed by atoms with van der Waals surface area (Å²) in [6.07, 6.45) is 4.23. The molecular formula is C13H11N5O3. The Morgan fingerprint density at radius 3 is 2.95 bits per heavy atom. The number of aryl methyl sites for hydroxylation is 1. The number of hydrogen-bond donors (Lipinski definition) is 1. The molecule has 0 aliphatic carbocycles. The molecule has 1 N–H and O–H groups in total. The summed E-state index contributed by atoms with van der Waals surface area (Å²) in [6.45, 7) is 0.0894. The molecule has 0 bridgehead atoms. The van der Waals surface area contributed by atoms with Crippen molar-refractivity contribution in [2.24, 2.45) is 7.05 Å². The number of rotatable bonds is 3. The summed E-state index contributed by atoms with van der Waals surface area (Å²) in [4.78, 5) is 31.4. The smallest absolute Gasteiger partial charge is 0.354 e. The largest absolute Gasteiger partial charge is 0.477 e. The molecule has 0 saturated heterocycles. The van der Waals surface area contributed by atoms with Crippen molar-refractivity contribution in [2.75, 3.05) is 0 Å². The molecule has 0 spiro atoms. The molecule has 21 heavy (non-hydrogen) atoms. The van der Waals surface area contributed by atoms with Crippen LogP contribution in [0.25, 0.3) is 11.0 Å². The second-order valence-electron chi connectivity index (χ2n) is 4.50. The molecule has 3 aromatic heterocycles. The maximum Gasteiger partial charge on any atom is 0.354 e. The predicted molar refractivity (Wildman–Crippen MR) is 73.1 cm³/mol. The van der Waals surface area contributed by atoms with Crippen molar-refractivity contribution in [3.05, 3.63) is 52.5 Å². The minimum Gasteiger partial charge on any atom is -0.477 e. The monoisotopic (exact) mass is 285 g/mol. The number of nitrogens with zero attached hydrogens (tertiary/aromatic N) is 5. The van der Waals surface area contributed by atoms with E-state index in [1.54, 1.807) is 19.2 Å². The number of carbonyl (C=O) groups is 1. The zero-order valence-electron chi connectivity index (χ0n) is 11.1. The normalized spacial score (nSPS) is 10.9. The third kappa shape index (κ3) is 2.16. The number of aromatic carboxylic acids is 1. The molecule has 3 rings (SSSR count). The Morgan fingerprint density at radius 2 is 2.19 bits per heavy atom. The van der Waals surface area contributed by atoms with Crippen molar-refractivity contribution in [2.45, 2.75) is 6.54 Å². The van der Waals surface area contributed by atoms with Gasteiger partial charge in [0.05, 0.1) is 12.7 Å². The highest BCUT2D eigenvalue weighted by atomic mass is 16.4. The average molecular weight is 285 g/mol. The highest BCUT2D eigenvalue weighted by molar-refractivity contribution is 5.87. The molecule has 0 saturated carbocycles. The Hall–Kier alpha value is -3.03. The predicted octanol–water partition coefficient (Wildman–Crippen LogP) is 0.271. The van der Waals surface area contributed by atoms with E-state index in [-0.39, 0.29) is 17.8 Å². The number of aromatic nitrogens is 5. The molecule has 8 heteroatoms. The number of carboxylic acid groups (broad SMARTS) is 1. The van der Waals surface area contributed by atoms with Gasteiger partial charge in [0.15, 0.2) is 11.3 Å². The van der Waals surface area contributed by atoms with Gasteiger partial charge in [-0.25, -0.2) is 14.8 Å². The Balaban J connectivity index is 2.09. The quantitative estimate of drug-likeness (QED) is 0.741. The highest BCUT2D eigenvalue weighted by Crippen LogP contribution is 2.08. The minimum absolute atomic E-state index is 0.0734. The summed E-state index contributed by atoms with van der Waals surface area (Å²) in [5, 5.41) is 13.5.